The highest BCUT2D eigenvalue weighted by Crippen LogP contribution is 2.26. The predicted octanol–water partition coefficient (Wildman–Crippen LogP) is 2.41. The number of urea groups is 1. The van der Waals surface area contributed by atoms with Gasteiger partial charge in [-0.3, -0.25) is 10.1 Å². The highest BCUT2D eigenvalue weighted by Gasteiger charge is 2.16. The van der Waals surface area contributed by atoms with Crippen LogP contribution in [0.3, 0.4) is 0 Å². The van der Waals surface area contributed by atoms with E-state index in [4.69, 9.17) is 11.5 Å². The Morgan fingerprint density at radius 1 is 1.04 bits per heavy atom. The number of primary amides is 2. The number of hydrogen-bond acceptors (Lipinski definition) is 3. The molecule has 0 aliphatic rings. The first kappa shape index (κ1) is 17.1. The molecule has 0 unspecified atom stereocenters. The van der Waals surface area contributed by atoms with Crippen molar-refractivity contribution in [1.29, 1.82) is 0 Å². The zero-order valence-electron chi connectivity index (χ0n) is 13.2. The summed E-state index contributed by atoms with van der Waals surface area (Å²) < 4.78 is 28.5. The fraction of sp³-hybridized carbons (Fsp3) is 0. The van der Waals surface area contributed by atoms with E-state index in [0.717, 1.165) is 6.07 Å². The Morgan fingerprint density at radius 2 is 1.73 bits per heavy atom. The number of rotatable bonds is 4. The van der Waals surface area contributed by atoms with Gasteiger partial charge in [0.25, 0.3) is 5.91 Å². The number of carbonyl (C=O) groups is 2. The summed E-state index contributed by atoms with van der Waals surface area (Å²) in [6.45, 7) is 0. The Morgan fingerprint density at radius 3 is 2.35 bits per heavy atom. The molecule has 3 amide bonds. The Bertz CT molecular complexity index is 999. The fourth-order valence-electron chi connectivity index (χ4n) is 2.42. The summed E-state index contributed by atoms with van der Waals surface area (Å²) in [4.78, 5) is 22.4. The average Bonchev–Trinajstić information content (AvgIpc) is 3.01. The van der Waals surface area contributed by atoms with Crippen LogP contribution in [0.15, 0.2) is 48.7 Å². The number of aromatic nitrogens is 2. The van der Waals surface area contributed by atoms with Crippen molar-refractivity contribution in [2.45, 2.75) is 0 Å². The Balaban J connectivity index is 1.97. The Labute approximate surface area is 146 Å². The molecule has 0 fully saturated rings. The Kier molecular flexibility index (Phi) is 4.36. The second-order valence-corrected chi connectivity index (χ2v) is 5.34. The zero-order valence-corrected chi connectivity index (χ0v) is 13.2. The van der Waals surface area contributed by atoms with E-state index in [9.17, 15) is 18.4 Å². The molecule has 132 valence electrons. The number of amides is 3. The van der Waals surface area contributed by atoms with E-state index in [-0.39, 0.29) is 16.9 Å². The van der Waals surface area contributed by atoms with E-state index < -0.39 is 23.6 Å². The largest absolute Gasteiger partial charge is 0.365 e. The lowest BCUT2D eigenvalue weighted by Crippen LogP contribution is -2.22. The van der Waals surface area contributed by atoms with Crippen LogP contribution in [-0.2, 0) is 0 Å². The molecule has 3 rings (SSSR count). The SMILES string of the molecule is NC(=O)Nc1nn(-c2ccc(-c3cccc(F)c3F)cc2)cc1C(N)=O. The van der Waals surface area contributed by atoms with Gasteiger partial charge in [-0.2, -0.15) is 0 Å². The summed E-state index contributed by atoms with van der Waals surface area (Å²) in [5.74, 6) is -2.75. The topological polar surface area (TPSA) is 116 Å². The van der Waals surface area contributed by atoms with Gasteiger partial charge in [0, 0.05) is 11.8 Å². The number of nitrogens with zero attached hydrogens (tertiary/aromatic N) is 2. The lowest BCUT2D eigenvalue weighted by atomic mass is 10.0. The maximum absolute atomic E-state index is 13.9. The molecule has 0 saturated heterocycles. The third-order valence-electron chi connectivity index (χ3n) is 3.62. The molecule has 0 saturated carbocycles. The Hall–Kier alpha value is -3.75. The van der Waals surface area contributed by atoms with E-state index in [0.29, 0.717) is 11.3 Å². The molecule has 7 nitrogen and oxygen atoms in total. The molecule has 0 spiro atoms. The van der Waals surface area contributed by atoms with Crippen molar-refractivity contribution < 1.29 is 18.4 Å². The molecule has 0 radical (unpaired) electrons. The molecule has 9 heteroatoms. The number of nitrogens with one attached hydrogen (secondary N) is 1. The first-order chi connectivity index (χ1) is 12.4. The first-order valence-corrected chi connectivity index (χ1v) is 7.37. The number of carbonyl (C=O) groups excluding carboxylic acids is 2. The van der Waals surface area contributed by atoms with Gasteiger partial charge in [0.1, 0.15) is 5.56 Å². The predicted molar refractivity (Wildman–Crippen MR) is 90.6 cm³/mol. The van der Waals surface area contributed by atoms with Gasteiger partial charge in [-0.05, 0) is 23.8 Å². The van der Waals surface area contributed by atoms with Crippen molar-refractivity contribution >= 4 is 17.8 Å². The van der Waals surface area contributed by atoms with Crippen LogP contribution in [0.5, 0.6) is 0 Å². The van der Waals surface area contributed by atoms with E-state index >= 15 is 0 Å². The first-order valence-electron chi connectivity index (χ1n) is 7.37. The lowest BCUT2D eigenvalue weighted by molar-refractivity contribution is 0.100. The number of anilines is 1. The fourth-order valence-corrected chi connectivity index (χ4v) is 2.42. The normalized spacial score (nSPS) is 10.5. The molecule has 0 bridgehead atoms. The van der Waals surface area contributed by atoms with Crippen LogP contribution in [0.2, 0.25) is 0 Å². The summed E-state index contributed by atoms with van der Waals surface area (Å²) >= 11 is 0. The summed E-state index contributed by atoms with van der Waals surface area (Å²) in [5.41, 5.74) is 11.3. The van der Waals surface area contributed by atoms with Gasteiger partial charge in [-0.1, -0.05) is 24.3 Å². The molecule has 1 heterocycles. The quantitative estimate of drug-likeness (QED) is 0.666. The van der Waals surface area contributed by atoms with Gasteiger partial charge in [0.05, 0.1) is 5.69 Å². The minimum Gasteiger partial charge on any atom is -0.365 e. The molecule has 5 N–H and O–H groups in total. The number of halogens is 2. The lowest BCUT2D eigenvalue weighted by Gasteiger charge is -2.06. The molecule has 0 atom stereocenters. The van der Waals surface area contributed by atoms with Crippen molar-refractivity contribution in [2.75, 3.05) is 5.32 Å². The molecule has 26 heavy (non-hydrogen) atoms. The molecular weight excluding hydrogens is 344 g/mol. The van der Waals surface area contributed by atoms with Gasteiger partial charge in [0.2, 0.25) is 0 Å². The zero-order chi connectivity index (χ0) is 18.8. The number of nitrogens with two attached hydrogens (primary N) is 2. The van der Waals surface area contributed by atoms with E-state index in [1.54, 1.807) is 24.3 Å². The van der Waals surface area contributed by atoms with Crippen molar-refractivity contribution in [3.05, 3.63) is 65.9 Å². The third-order valence-corrected chi connectivity index (χ3v) is 3.62. The minimum atomic E-state index is -0.941. The van der Waals surface area contributed by atoms with Gasteiger partial charge in [-0.15, -0.1) is 5.10 Å². The number of hydrogen-bond donors (Lipinski definition) is 3. The standard InChI is InChI=1S/C17H13F2N5O2/c18-13-3-1-2-11(14(13)19)9-4-6-10(7-5-9)24-8-12(15(20)25)16(23-24)22-17(21)26/h1-8H,(H2,20,25)(H3,21,22,23,26). The molecule has 3 aromatic rings. The van der Waals surface area contributed by atoms with Crippen molar-refractivity contribution in [3.8, 4) is 16.8 Å². The maximum atomic E-state index is 13.9. The van der Waals surface area contributed by atoms with Crippen LogP contribution in [0.25, 0.3) is 16.8 Å². The van der Waals surface area contributed by atoms with Crippen LogP contribution < -0.4 is 16.8 Å². The van der Waals surface area contributed by atoms with Gasteiger partial charge >= 0.3 is 6.03 Å². The highest BCUT2D eigenvalue weighted by molar-refractivity contribution is 6.01. The van der Waals surface area contributed by atoms with Gasteiger partial charge < -0.3 is 11.5 Å². The monoisotopic (exact) mass is 357 g/mol. The van der Waals surface area contributed by atoms with Crippen LogP contribution in [-0.4, -0.2) is 21.7 Å². The van der Waals surface area contributed by atoms with Gasteiger partial charge in [-0.25, -0.2) is 18.3 Å². The summed E-state index contributed by atoms with van der Waals surface area (Å²) in [7, 11) is 0. The van der Waals surface area contributed by atoms with Crippen molar-refractivity contribution in [3.63, 3.8) is 0 Å². The van der Waals surface area contributed by atoms with Crippen LogP contribution in [0.1, 0.15) is 10.4 Å². The summed E-state index contributed by atoms with van der Waals surface area (Å²) in [6, 6.07) is 9.33. The molecule has 2 aromatic carbocycles. The average molecular weight is 357 g/mol. The van der Waals surface area contributed by atoms with E-state index in [2.05, 4.69) is 10.4 Å². The smallest absolute Gasteiger partial charge is 0.317 e. The maximum Gasteiger partial charge on any atom is 0.317 e. The van der Waals surface area contributed by atoms with Crippen molar-refractivity contribution in [2.24, 2.45) is 11.5 Å². The third kappa shape index (κ3) is 3.22. The molecule has 1 aromatic heterocycles. The van der Waals surface area contributed by atoms with Gasteiger partial charge in [0.15, 0.2) is 17.5 Å². The van der Waals surface area contributed by atoms with E-state index in [1.165, 1.54) is 23.0 Å². The highest BCUT2D eigenvalue weighted by atomic mass is 19.2. The number of benzene rings is 2. The molecule has 0 aliphatic carbocycles. The molecular formula is C17H13F2N5O2. The minimum absolute atomic E-state index is 0.0240. The summed E-state index contributed by atoms with van der Waals surface area (Å²) in [6.07, 6.45) is 1.32. The second kappa shape index (κ2) is 6.63. The van der Waals surface area contributed by atoms with Crippen LogP contribution in [0.4, 0.5) is 19.4 Å². The molecule has 0 aliphatic heterocycles. The van der Waals surface area contributed by atoms with Crippen molar-refractivity contribution in [1.82, 2.24) is 9.78 Å². The van der Waals surface area contributed by atoms with Crippen LogP contribution >= 0.6 is 0 Å². The summed E-state index contributed by atoms with van der Waals surface area (Å²) in [5, 5.41) is 6.26. The van der Waals surface area contributed by atoms with Crippen LogP contribution in [0, 0.1) is 11.6 Å². The van der Waals surface area contributed by atoms with E-state index in [1.807, 2.05) is 0 Å². The second-order valence-electron chi connectivity index (χ2n) is 5.34.